The average molecular weight is 431 g/mol. The summed E-state index contributed by atoms with van der Waals surface area (Å²) in [4.78, 5) is 19.1. The van der Waals surface area contributed by atoms with Crippen molar-refractivity contribution in [1.29, 1.82) is 0 Å². The van der Waals surface area contributed by atoms with Gasteiger partial charge >= 0.3 is 6.09 Å². The summed E-state index contributed by atoms with van der Waals surface area (Å²) in [6.45, 7) is 1.15. The van der Waals surface area contributed by atoms with Gasteiger partial charge in [-0.05, 0) is 66.3 Å². The van der Waals surface area contributed by atoms with E-state index < -0.39 is 0 Å². The molecule has 4 nitrogen and oxygen atoms in total. The lowest BCUT2D eigenvalue weighted by molar-refractivity contribution is 0.155. The van der Waals surface area contributed by atoms with E-state index in [2.05, 4.69) is 24.3 Å². The van der Waals surface area contributed by atoms with Gasteiger partial charge in [-0.3, -0.25) is 4.98 Å². The van der Waals surface area contributed by atoms with Crippen molar-refractivity contribution in [2.45, 2.75) is 25.2 Å². The molecule has 2 aliphatic rings. The van der Waals surface area contributed by atoms with E-state index in [0.717, 1.165) is 30.0 Å². The van der Waals surface area contributed by atoms with Crippen LogP contribution in [-0.4, -0.2) is 29.1 Å². The molecule has 2 aromatic carbocycles. The minimum Gasteiger partial charge on any atom is -0.410 e. The number of amides is 1. The van der Waals surface area contributed by atoms with Gasteiger partial charge in [0.2, 0.25) is 0 Å². The molecule has 0 saturated carbocycles. The highest BCUT2D eigenvalue weighted by atomic mass is 35.5. The Balaban J connectivity index is 1.43. The molecule has 0 spiro atoms. The van der Waals surface area contributed by atoms with E-state index in [1.807, 2.05) is 36.5 Å². The molecule has 0 saturated heterocycles. The predicted molar refractivity (Wildman–Crippen MR) is 122 cm³/mol. The number of aryl methyl sites for hydroxylation is 2. The van der Waals surface area contributed by atoms with Crippen molar-refractivity contribution < 1.29 is 9.53 Å². The van der Waals surface area contributed by atoms with E-state index in [-0.39, 0.29) is 12.0 Å². The van der Waals surface area contributed by atoms with Crippen molar-refractivity contribution in [3.8, 4) is 5.75 Å². The summed E-state index contributed by atoms with van der Waals surface area (Å²) in [5, 5.41) is 0.767. The highest BCUT2D eigenvalue weighted by Crippen LogP contribution is 2.40. The molecule has 5 rings (SSSR count). The van der Waals surface area contributed by atoms with Crippen molar-refractivity contribution in [3.05, 3.63) is 106 Å². The largest absolute Gasteiger partial charge is 0.415 e. The molecule has 0 fully saturated rings. The topological polar surface area (TPSA) is 42.4 Å². The monoisotopic (exact) mass is 430 g/mol. The summed E-state index contributed by atoms with van der Waals surface area (Å²) in [6, 6.07) is 19.6. The highest BCUT2D eigenvalue weighted by molar-refractivity contribution is 6.30. The predicted octanol–water partition coefficient (Wildman–Crippen LogP) is 5.80. The summed E-state index contributed by atoms with van der Waals surface area (Å²) >= 11 is 6.31. The molecule has 1 unspecified atom stereocenters. The van der Waals surface area contributed by atoms with E-state index >= 15 is 0 Å². The van der Waals surface area contributed by atoms with Gasteiger partial charge in [-0.2, -0.15) is 0 Å². The second-order valence-electron chi connectivity index (χ2n) is 7.98. The van der Waals surface area contributed by atoms with Crippen molar-refractivity contribution in [1.82, 2.24) is 9.88 Å². The Kier molecular flexibility index (Phi) is 5.47. The fourth-order valence-electron chi connectivity index (χ4n) is 4.55. The van der Waals surface area contributed by atoms with E-state index in [4.69, 9.17) is 21.3 Å². The first-order valence-electron chi connectivity index (χ1n) is 10.6. The summed E-state index contributed by atoms with van der Waals surface area (Å²) in [6.07, 6.45) is 6.42. The number of hydrogen-bond acceptors (Lipinski definition) is 3. The molecular formula is C26H23ClN2O2. The summed E-state index contributed by atoms with van der Waals surface area (Å²) in [7, 11) is 0. The molecule has 5 heteroatoms. The van der Waals surface area contributed by atoms with Gasteiger partial charge in [-0.15, -0.1) is 0 Å². The van der Waals surface area contributed by atoms with Crippen LogP contribution >= 0.6 is 11.6 Å². The average Bonchev–Trinajstić information content (AvgIpc) is 2.96. The van der Waals surface area contributed by atoms with Crippen LogP contribution in [0.3, 0.4) is 0 Å². The minimum absolute atomic E-state index is 0.0956. The number of ether oxygens (including phenoxy) is 1. The normalized spacial score (nSPS) is 17.8. The third-order valence-electron chi connectivity index (χ3n) is 6.10. The molecule has 0 radical (unpaired) electrons. The second kappa shape index (κ2) is 8.56. The Morgan fingerprint density at radius 3 is 2.65 bits per heavy atom. The molecule has 0 bridgehead atoms. The number of halogens is 1. The van der Waals surface area contributed by atoms with E-state index in [0.29, 0.717) is 18.8 Å². The molecule has 2 heterocycles. The first-order chi connectivity index (χ1) is 15.2. The zero-order valence-electron chi connectivity index (χ0n) is 17.1. The lowest BCUT2D eigenvalue weighted by atomic mass is 9.82. The Morgan fingerprint density at radius 2 is 1.84 bits per heavy atom. The number of rotatable bonds is 2. The van der Waals surface area contributed by atoms with Crippen LogP contribution in [0.15, 0.2) is 78.5 Å². The number of fused-ring (bicyclic) bond motifs is 2. The summed E-state index contributed by atoms with van der Waals surface area (Å²) < 4.78 is 5.51. The first-order valence-corrected chi connectivity index (χ1v) is 11.0. The van der Waals surface area contributed by atoms with Crippen LogP contribution in [0.25, 0.3) is 0 Å². The maximum absolute atomic E-state index is 12.6. The number of para-hydroxylation sites is 1. The summed E-state index contributed by atoms with van der Waals surface area (Å²) in [5.41, 5.74) is 6.26. The van der Waals surface area contributed by atoms with Gasteiger partial charge in [0.05, 0.1) is 5.69 Å². The van der Waals surface area contributed by atoms with Crippen LogP contribution in [-0.2, 0) is 12.8 Å². The summed E-state index contributed by atoms with van der Waals surface area (Å²) in [5.74, 6) is 0.660. The van der Waals surface area contributed by atoms with Crippen LogP contribution in [0.5, 0.6) is 5.75 Å². The van der Waals surface area contributed by atoms with Crippen molar-refractivity contribution in [2.24, 2.45) is 0 Å². The standard InChI is InChI=1S/C26H23ClN2O2/c27-21-10-11-23-20(17-21)9-8-19-5-4-14-28-25(19)24(23)18-12-15-29(16-13-18)26(30)31-22-6-2-1-3-7-22/h1-7,10-12,14,17,24H,8-9,13,15-16H2. The third-order valence-corrected chi connectivity index (χ3v) is 6.34. The van der Waals surface area contributed by atoms with Crippen molar-refractivity contribution in [3.63, 3.8) is 0 Å². The zero-order chi connectivity index (χ0) is 21.2. The van der Waals surface area contributed by atoms with Crippen LogP contribution in [0.4, 0.5) is 4.79 Å². The number of hydrogen-bond donors (Lipinski definition) is 0. The zero-order valence-corrected chi connectivity index (χ0v) is 17.9. The second-order valence-corrected chi connectivity index (χ2v) is 8.42. The fraction of sp³-hybridized carbons (Fsp3) is 0.231. The number of nitrogens with zero attached hydrogens (tertiary/aromatic N) is 2. The van der Waals surface area contributed by atoms with Crippen LogP contribution < -0.4 is 4.74 Å². The molecule has 1 aliphatic carbocycles. The molecule has 1 aromatic heterocycles. The van der Waals surface area contributed by atoms with Crippen molar-refractivity contribution in [2.75, 3.05) is 13.1 Å². The van der Waals surface area contributed by atoms with Crippen LogP contribution in [0.1, 0.15) is 34.7 Å². The molecule has 1 atom stereocenters. The van der Waals surface area contributed by atoms with Crippen LogP contribution in [0.2, 0.25) is 5.02 Å². The molecular weight excluding hydrogens is 408 g/mol. The fourth-order valence-corrected chi connectivity index (χ4v) is 4.75. The lowest BCUT2D eigenvalue weighted by Crippen LogP contribution is -2.37. The van der Waals surface area contributed by atoms with Gasteiger partial charge in [0.25, 0.3) is 0 Å². The maximum atomic E-state index is 12.6. The van der Waals surface area contributed by atoms with Gasteiger partial charge in [0, 0.05) is 30.2 Å². The Labute approximate surface area is 187 Å². The number of carbonyl (C=O) groups is 1. The number of pyridine rings is 1. The van der Waals surface area contributed by atoms with E-state index in [1.165, 1.54) is 22.3 Å². The molecule has 3 aromatic rings. The molecule has 156 valence electrons. The van der Waals surface area contributed by atoms with Crippen molar-refractivity contribution >= 4 is 17.7 Å². The SMILES string of the molecule is O=C(Oc1ccccc1)N1CC=C(C2c3ccc(Cl)cc3CCc3cccnc32)CC1. The third kappa shape index (κ3) is 4.08. The maximum Gasteiger partial charge on any atom is 0.415 e. The van der Waals surface area contributed by atoms with E-state index in [9.17, 15) is 4.79 Å². The van der Waals surface area contributed by atoms with Gasteiger partial charge in [-0.1, -0.05) is 53.6 Å². The number of aromatic nitrogens is 1. The van der Waals surface area contributed by atoms with Gasteiger partial charge in [-0.25, -0.2) is 4.79 Å². The quantitative estimate of drug-likeness (QED) is 0.483. The smallest absolute Gasteiger partial charge is 0.410 e. The molecule has 1 aliphatic heterocycles. The number of carbonyl (C=O) groups excluding carboxylic acids is 1. The van der Waals surface area contributed by atoms with Gasteiger partial charge in [0.1, 0.15) is 5.75 Å². The Morgan fingerprint density at radius 1 is 1.00 bits per heavy atom. The minimum atomic E-state index is -0.312. The van der Waals surface area contributed by atoms with Crippen LogP contribution in [0, 0.1) is 0 Å². The number of benzene rings is 2. The molecule has 0 N–H and O–H groups in total. The molecule has 1 amide bonds. The Bertz CT molecular complexity index is 1140. The van der Waals surface area contributed by atoms with Gasteiger partial charge < -0.3 is 9.64 Å². The molecule has 31 heavy (non-hydrogen) atoms. The lowest BCUT2D eigenvalue weighted by Gasteiger charge is -2.30. The van der Waals surface area contributed by atoms with E-state index in [1.54, 1.807) is 17.0 Å². The first kappa shape index (κ1) is 19.8. The highest BCUT2D eigenvalue weighted by Gasteiger charge is 2.30. The Hall–Kier alpha value is -3.11. The van der Waals surface area contributed by atoms with Gasteiger partial charge in [0.15, 0.2) is 0 Å².